The van der Waals surface area contributed by atoms with E-state index >= 15 is 0 Å². The third-order valence-electron chi connectivity index (χ3n) is 5.43. The predicted molar refractivity (Wildman–Crippen MR) is 116 cm³/mol. The summed E-state index contributed by atoms with van der Waals surface area (Å²) >= 11 is 5.01. The average Bonchev–Trinajstić information content (AvgIpc) is 3.43. The van der Waals surface area contributed by atoms with E-state index in [1.807, 2.05) is 6.07 Å². The maximum Gasteiger partial charge on any atom is 0.230 e. The fourth-order valence-electron chi connectivity index (χ4n) is 4.07. The van der Waals surface area contributed by atoms with Crippen LogP contribution in [0.4, 0.5) is 0 Å². The average molecular weight is 473 g/mol. The summed E-state index contributed by atoms with van der Waals surface area (Å²) in [5, 5.41) is 15.6. The van der Waals surface area contributed by atoms with E-state index in [1.54, 1.807) is 12.3 Å². The highest BCUT2D eigenvalue weighted by Crippen LogP contribution is 2.42. The van der Waals surface area contributed by atoms with Gasteiger partial charge in [0.25, 0.3) is 0 Å². The van der Waals surface area contributed by atoms with Crippen molar-refractivity contribution in [1.29, 1.82) is 0 Å². The van der Waals surface area contributed by atoms with Crippen LogP contribution in [0.2, 0.25) is 0 Å². The van der Waals surface area contributed by atoms with E-state index in [9.17, 15) is 5.11 Å². The topological polar surface area (TPSA) is 66.8 Å². The second-order valence-corrected chi connectivity index (χ2v) is 9.52. The zero-order chi connectivity index (χ0) is 20.0. The fourth-order valence-corrected chi connectivity index (χ4v) is 5.45. The first-order valence-corrected chi connectivity index (χ1v) is 11.3. The Balaban J connectivity index is 1.59. The molecular weight excluding hydrogens is 452 g/mol. The Morgan fingerprint density at radius 2 is 2.10 bits per heavy atom. The first-order valence-electron chi connectivity index (χ1n) is 9.72. The highest BCUT2D eigenvalue weighted by atomic mass is 79.9. The van der Waals surface area contributed by atoms with Crippen LogP contribution in [0.1, 0.15) is 36.2 Å². The lowest BCUT2D eigenvalue weighted by atomic mass is 9.95. The standard InChI is InChI=1S/C21H21BrN4O2S/c1-13-4-2-10-25(12-13)17(14-6-8-15(22)9-7-14)18-20(27)26-21(29-18)23-19(24-26)16-5-3-11-28-16/h3,5-9,11,13,17,27H,2,4,10,12H2,1H3/t13-,17+/m1/s1. The molecule has 0 amide bonds. The van der Waals surface area contributed by atoms with Crippen LogP contribution < -0.4 is 0 Å². The Bertz CT molecular complexity index is 1120. The summed E-state index contributed by atoms with van der Waals surface area (Å²) in [4.78, 5) is 8.59. The molecule has 1 aliphatic rings. The lowest BCUT2D eigenvalue weighted by molar-refractivity contribution is 0.149. The SMILES string of the molecule is C[C@@H]1CCCN([C@@H](c2ccc(Br)cc2)c2sc3nc(-c4ccco4)nn3c2O)C1. The maximum absolute atomic E-state index is 11.1. The molecule has 4 heterocycles. The smallest absolute Gasteiger partial charge is 0.230 e. The normalized spacial score (nSPS) is 19.0. The molecule has 0 spiro atoms. The van der Waals surface area contributed by atoms with E-state index in [0.29, 0.717) is 22.5 Å². The molecule has 0 aliphatic carbocycles. The van der Waals surface area contributed by atoms with Crippen LogP contribution in [-0.4, -0.2) is 37.7 Å². The van der Waals surface area contributed by atoms with E-state index in [0.717, 1.165) is 28.0 Å². The number of aromatic nitrogens is 3. The summed E-state index contributed by atoms with van der Waals surface area (Å²) in [6.45, 7) is 4.31. The Kier molecular flexibility index (Phi) is 4.93. The van der Waals surface area contributed by atoms with Crippen molar-refractivity contribution in [3.63, 3.8) is 0 Å². The summed E-state index contributed by atoms with van der Waals surface area (Å²) in [6.07, 6.45) is 4.01. The van der Waals surface area contributed by atoms with Crippen LogP contribution in [0.3, 0.4) is 0 Å². The number of hydrogen-bond acceptors (Lipinski definition) is 6. The van der Waals surface area contributed by atoms with Crippen molar-refractivity contribution in [2.45, 2.75) is 25.8 Å². The Hall–Kier alpha value is -2.16. The number of piperidine rings is 1. The van der Waals surface area contributed by atoms with Gasteiger partial charge in [0, 0.05) is 11.0 Å². The van der Waals surface area contributed by atoms with Gasteiger partial charge in [-0.1, -0.05) is 46.3 Å². The Labute approximate surface area is 180 Å². The summed E-state index contributed by atoms with van der Waals surface area (Å²) < 4.78 is 7.96. The number of hydrogen-bond donors (Lipinski definition) is 1. The number of furan rings is 1. The van der Waals surface area contributed by atoms with Gasteiger partial charge in [-0.3, -0.25) is 4.90 Å². The second kappa shape index (κ2) is 7.59. The third kappa shape index (κ3) is 3.49. The summed E-state index contributed by atoms with van der Waals surface area (Å²) in [7, 11) is 0. The van der Waals surface area contributed by atoms with Gasteiger partial charge >= 0.3 is 0 Å². The van der Waals surface area contributed by atoms with Gasteiger partial charge in [0.1, 0.15) is 0 Å². The van der Waals surface area contributed by atoms with Crippen LogP contribution in [-0.2, 0) is 0 Å². The van der Waals surface area contributed by atoms with Crippen molar-refractivity contribution in [3.05, 3.63) is 57.6 Å². The zero-order valence-corrected chi connectivity index (χ0v) is 18.4. The molecule has 8 heteroatoms. The molecule has 1 saturated heterocycles. The van der Waals surface area contributed by atoms with Gasteiger partial charge in [-0.15, -0.1) is 5.10 Å². The number of likely N-dealkylation sites (tertiary alicyclic amines) is 1. The monoisotopic (exact) mass is 472 g/mol. The molecule has 0 unspecified atom stereocenters. The van der Waals surface area contributed by atoms with Crippen LogP contribution >= 0.6 is 27.3 Å². The van der Waals surface area contributed by atoms with Gasteiger partial charge in [-0.05, 0) is 55.1 Å². The number of thiazole rings is 1. The maximum atomic E-state index is 11.1. The highest BCUT2D eigenvalue weighted by molar-refractivity contribution is 9.10. The van der Waals surface area contributed by atoms with Crippen molar-refractivity contribution < 1.29 is 9.52 Å². The minimum absolute atomic E-state index is 0.0218. The van der Waals surface area contributed by atoms with E-state index in [4.69, 9.17) is 4.42 Å². The molecule has 0 bridgehead atoms. The molecule has 29 heavy (non-hydrogen) atoms. The summed E-state index contributed by atoms with van der Waals surface area (Å²) in [5.41, 5.74) is 1.16. The molecule has 4 aromatic rings. The minimum Gasteiger partial charge on any atom is -0.492 e. The number of rotatable bonds is 4. The van der Waals surface area contributed by atoms with Gasteiger partial charge < -0.3 is 9.52 Å². The number of nitrogens with zero attached hydrogens (tertiary/aromatic N) is 4. The Morgan fingerprint density at radius 3 is 2.79 bits per heavy atom. The first-order chi connectivity index (χ1) is 14.1. The van der Waals surface area contributed by atoms with Gasteiger partial charge in [0.05, 0.1) is 17.2 Å². The third-order valence-corrected chi connectivity index (χ3v) is 7.03. The van der Waals surface area contributed by atoms with Crippen molar-refractivity contribution >= 4 is 32.2 Å². The first kappa shape index (κ1) is 18.8. The molecular formula is C21H21BrN4O2S. The lowest BCUT2D eigenvalue weighted by Gasteiger charge is -2.37. The molecule has 0 radical (unpaired) electrons. The predicted octanol–water partition coefficient (Wildman–Crippen LogP) is 5.34. The van der Waals surface area contributed by atoms with Crippen molar-refractivity contribution in [2.75, 3.05) is 13.1 Å². The number of aromatic hydroxyl groups is 1. The molecule has 1 N–H and O–H groups in total. The molecule has 2 atom stereocenters. The Morgan fingerprint density at radius 1 is 1.28 bits per heavy atom. The van der Waals surface area contributed by atoms with Crippen LogP contribution in [0, 0.1) is 5.92 Å². The molecule has 1 aliphatic heterocycles. The van der Waals surface area contributed by atoms with E-state index < -0.39 is 0 Å². The second-order valence-electron chi connectivity index (χ2n) is 7.59. The molecule has 5 rings (SSSR count). The van der Waals surface area contributed by atoms with Crippen LogP contribution in [0.15, 0.2) is 51.6 Å². The summed E-state index contributed by atoms with van der Waals surface area (Å²) in [6, 6.07) is 12.0. The van der Waals surface area contributed by atoms with E-state index in [1.165, 1.54) is 28.7 Å². The van der Waals surface area contributed by atoms with Gasteiger partial charge in [0.15, 0.2) is 5.76 Å². The highest BCUT2D eigenvalue weighted by Gasteiger charge is 2.32. The molecule has 6 nitrogen and oxygen atoms in total. The number of benzene rings is 1. The van der Waals surface area contributed by atoms with Crippen molar-refractivity contribution in [3.8, 4) is 17.5 Å². The fraction of sp³-hybridized carbons (Fsp3) is 0.333. The molecule has 1 aromatic carbocycles. The quantitative estimate of drug-likeness (QED) is 0.434. The number of fused-ring (bicyclic) bond motifs is 1. The van der Waals surface area contributed by atoms with Crippen molar-refractivity contribution in [2.24, 2.45) is 5.92 Å². The van der Waals surface area contributed by atoms with Crippen LogP contribution in [0.25, 0.3) is 16.5 Å². The molecule has 1 fully saturated rings. The molecule has 150 valence electrons. The van der Waals surface area contributed by atoms with Crippen molar-refractivity contribution in [1.82, 2.24) is 19.5 Å². The van der Waals surface area contributed by atoms with Crippen LogP contribution in [0.5, 0.6) is 5.88 Å². The zero-order valence-electron chi connectivity index (χ0n) is 16.0. The van der Waals surface area contributed by atoms with Gasteiger partial charge in [0.2, 0.25) is 16.7 Å². The number of halogens is 1. The van der Waals surface area contributed by atoms with Gasteiger partial charge in [-0.25, -0.2) is 0 Å². The van der Waals surface area contributed by atoms with Gasteiger partial charge in [-0.2, -0.15) is 9.50 Å². The lowest BCUT2D eigenvalue weighted by Crippen LogP contribution is -2.37. The molecule has 3 aromatic heterocycles. The summed E-state index contributed by atoms with van der Waals surface area (Å²) in [5.74, 6) is 1.86. The largest absolute Gasteiger partial charge is 0.492 e. The molecule has 0 saturated carbocycles. The van der Waals surface area contributed by atoms with E-state index in [-0.39, 0.29) is 11.9 Å². The minimum atomic E-state index is -0.0218. The van der Waals surface area contributed by atoms with E-state index in [2.05, 4.69) is 62.1 Å².